The number of hydrogen-bond acceptors (Lipinski definition) is 3. The molecule has 3 nitrogen and oxygen atoms in total. The first-order valence-corrected chi connectivity index (χ1v) is 6.47. The average molecular weight is 270 g/mol. The molecule has 0 aromatic heterocycles. The molecule has 0 N–H and O–H groups in total. The third kappa shape index (κ3) is 3.38. The van der Waals surface area contributed by atoms with Crippen molar-refractivity contribution in [2.45, 2.75) is 20.5 Å². The molecule has 3 heteroatoms. The van der Waals surface area contributed by atoms with Crippen LogP contribution < -0.4 is 4.74 Å². The van der Waals surface area contributed by atoms with Gasteiger partial charge in [-0.2, -0.15) is 0 Å². The molecule has 2 rings (SSSR count). The van der Waals surface area contributed by atoms with Crippen molar-refractivity contribution in [3.05, 3.63) is 64.7 Å². The van der Waals surface area contributed by atoms with E-state index in [-0.39, 0.29) is 12.6 Å². The van der Waals surface area contributed by atoms with E-state index < -0.39 is 0 Å². The molecule has 0 radical (unpaired) electrons. The van der Waals surface area contributed by atoms with E-state index in [1.807, 2.05) is 50.2 Å². The maximum Gasteiger partial charge on any atom is 0.338 e. The topological polar surface area (TPSA) is 35.5 Å². The number of hydrogen-bond donors (Lipinski definition) is 0. The number of carbonyl (C=O) groups excluding carboxylic acids is 1. The molecule has 2 aromatic rings. The number of esters is 1. The summed E-state index contributed by atoms with van der Waals surface area (Å²) < 4.78 is 10.4. The minimum atomic E-state index is -0.302. The lowest BCUT2D eigenvalue weighted by Gasteiger charge is -2.07. The zero-order valence-corrected chi connectivity index (χ0v) is 12.0. The van der Waals surface area contributed by atoms with Crippen molar-refractivity contribution >= 4 is 5.97 Å². The van der Waals surface area contributed by atoms with Gasteiger partial charge in [0.05, 0.1) is 12.7 Å². The van der Waals surface area contributed by atoms with E-state index in [1.54, 1.807) is 13.2 Å². The highest BCUT2D eigenvalue weighted by Gasteiger charge is 2.08. The fourth-order valence-electron chi connectivity index (χ4n) is 1.82. The Kier molecular flexibility index (Phi) is 4.41. The molecule has 0 spiro atoms. The summed E-state index contributed by atoms with van der Waals surface area (Å²) in [7, 11) is 1.62. The summed E-state index contributed by atoms with van der Waals surface area (Å²) in [5.41, 5.74) is 3.77. The summed E-state index contributed by atoms with van der Waals surface area (Å²) >= 11 is 0. The Bertz CT molecular complexity index is 600. The molecule has 0 saturated carbocycles. The summed E-state index contributed by atoms with van der Waals surface area (Å²) in [6, 6.07) is 13.0. The van der Waals surface area contributed by atoms with E-state index >= 15 is 0 Å². The number of carbonyl (C=O) groups is 1. The van der Waals surface area contributed by atoms with Gasteiger partial charge in [-0.05, 0) is 54.8 Å². The molecule has 20 heavy (non-hydrogen) atoms. The Labute approximate surface area is 119 Å². The quantitative estimate of drug-likeness (QED) is 0.795. The van der Waals surface area contributed by atoms with Crippen molar-refractivity contribution in [2.75, 3.05) is 7.11 Å². The first kappa shape index (κ1) is 14.1. The maximum absolute atomic E-state index is 12.0. The van der Waals surface area contributed by atoms with Crippen LogP contribution in [-0.2, 0) is 11.3 Å². The first-order valence-electron chi connectivity index (χ1n) is 6.47. The molecule has 0 saturated heterocycles. The smallest absolute Gasteiger partial charge is 0.338 e. The molecule has 0 fully saturated rings. The van der Waals surface area contributed by atoms with Gasteiger partial charge in [0.1, 0.15) is 12.4 Å². The van der Waals surface area contributed by atoms with Gasteiger partial charge in [0.2, 0.25) is 0 Å². The first-order chi connectivity index (χ1) is 9.60. The second-order valence-electron chi connectivity index (χ2n) is 4.72. The third-order valence-electron chi connectivity index (χ3n) is 3.27. The average Bonchev–Trinajstić information content (AvgIpc) is 2.48. The van der Waals surface area contributed by atoms with Crippen LogP contribution in [0.5, 0.6) is 5.75 Å². The van der Waals surface area contributed by atoms with Gasteiger partial charge < -0.3 is 9.47 Å². The molecule has 0 amide bonds. The van der Waals surface area contributed by atoms with Crippen molar-refractivity contribution in [3.8, 4) is 5.75 Å². The highest BCUT2D eigenvalue weighted by molar-refractivity contribution is 5.89. The lowest BCUT2D eigenvalue weighted by molar-refractivity contribution is 0.0472. The third-order valence-corrected chi connectivity index (χ3v) is 3.27. The van der Waals surface area contributed by atoms with Gasteiger partial charge in [0.15, 0.2) is 0 Å². The van der Waals surface area contributed by atoms with Crippen molar-refractivity contribution in [1.82, 2.24) is 0 Å². The fourth-order valence-corrected chi connectivity index (χ4v) is 1.82. The van der Waals surface area contributed by atoms with Crippen LogP contribution in [0, 0.1) is 13.8 Å². The summed E-state index contributed by atoms with van der Waals surface area (Å²) in [6.07, 6.45) is 0. The van der Waals surface area contributed by atoms with Crippen molar-refractivity contribution < 1.29 is 14.3 Å². The predicted octanol–water partition coefficient (Wildman–Crippen LogP) is 3.67. The molecule has 0 unspecified atom stereocenters. The molecule has 0 bridgehead atoms. The van der Waals surface area contributed by atoms with Crippen LogP contribution in [0.3, 0.4) is 0 Å². The molecule has 104 valence electrons. The van der Waals surface area contributed by atoms with Crippen molar-refractivity contribution in [2.24, 2.45) is 0 Å². The van der Waals surface area contributed by atoms with Gasteiger partial charge in [-0.25, -0.2) is 4.79 Å². The number of benzene rings is 2. The highest BCUT2D eigenvalue weighted by atomic mass is 16.5. The van der Waals surface area contributed by atoms with Crippen molar-refractivity contribution in [3.63, 3.8) is 0 Å². The van der Waals surface area contributed by atoms with Gasteiger partial charge in [-0.1, -0.05) is 18.2 Å². The molecule has 0 aliphatic carbocycles. The molecule has 0 aliphatic rings. The Morgan fingerprint density at radius 2 is 1.70 bits per heavy atom. The van der Waals surface area contributed by atoms with Gasteiger partial charge in [0.25, 0.3) is 0 Å². The maximum atomic E-state index is 12.0. The van der Waals surface area contributed by atoms with E-state index in [0.29, 0.717) is 5.56 Å². The summed E-state index contributed by atoms with van der Waals surface area (Å²) in [5, 5.41) is 0. The zero-order chi connectivity index (χ0) is 14.5. The molecule has 0 aliphatic heterocycles. The van der Waals surface area contributed by atoms with Crippen LogP contribution in [0.15, 0.2) is 42.5 Å². The molecule has 0 atom stereocenters. The molecular formula is C17H18O3. The molecular weight excluding hydrogens is 252 g/mol. The number of ether oxygens (including phenoxy) is 2. The summed E-state index contributed by atoms with van der Waals surface area (Å²) in [5.74, 6) is 0.484. The van der Waals surface area contributed by atoms with E-state index in [2.05, 4.69) is 0 Å². The van der Waals surface area contributed by atoms with Crippen LogP contribution >= 0.6 is 0 Å². The standard InChI is InChI=1S/C17H18O3/c1-12-4-7-15(10-13(12)2)17(18)20-11-14-5-8-16(19-3)9-6-14/h4-10H,11H2,1-3H3. The number of aryl methyl sites for hydroxylation is 2. The van der Waals surface area contributed by atoms with Crippen LogP contribution in [0.25, 0.3) is 0 Å². The van der Waals surface area contributed by atoms with Crippen LogP contribution in [0.2, 0.25) is 0 Å². The highest BCUT2D eigenvalue weighted by Crippen LogP contribution is 2.14. The fraction of sp³-hybridized carbons (Fsp3) is 0.235. The minimum absolute atomic E-state index is 0.260. The van der Waals surface area contributed by atoms with Crippen LogP contribution in [0.1, 0.15) is 27.0 Å². The van der Waals surface area contributed by atoms with E-state index in [4.69, 9.17) is 9.47 Å². The van der Waals surface area contributed by atoms with Crippen LogP contribution in [-0.4, -0.2) is 13.1 Å². The largest absolute Gasteiger partial charge is 0.497 e. The number of rotatable bonds is 4. The Hall–Kier alpha value is -2.29. The monoisotopic (exact) mass is 270 g/mol. The minimum Gasteiger partial charge on any atom is -0.497 e. The predicted molar refractivity (Wildman–Crippen MR) is 78.0 cm³/mol. The Morgan fingerprint density at radius 3 is 2.30 bits per heavy atom. The lowest BCUT2D eigenvalue weighted by Crippen LogP contribution is -2.05. The van der Waals surface area contributed by atoms with Crippen LogP contribution in [0.4, 0.5) is 0 Å². The summed E-state index contributed by atoms with van der Waals surface area (Å²) in [6.45, 7) is 4.26. The molecule has 0 heterocycles. The Balaban J connectivity index is 1.98. The van der Waals surface area contributed by atoms with Gasteiger partial charge in [-0.3, -0.25) is 0 Å². The van der Waals surface area contributed by atoms with Gasteiger partial charge in [-0.15, -0.1) is 0 Å². The van der Waals surface area contributed by atoms with E-state index in [0.717, 1.165) is 22.4 Å². The Morgan fingerprint density at radius 1 is 1.00 bits per heavy atom. The van der Waals surface area contributed by atoms with Gasteiger partial charge in [0, 0.05) is 0 Å². The number of methoxy groups -OCH3 is 1. The normalized spacial score (nSPS) is 10.2. The van der Waals surface area contributed by atoms with E-state index in [1.165, 1.54) is 0 Å². The van der Waals surface area contributed by atoms with Gasteiger partial charge >= 0.3 is 5.97 Å². The second-order valence-corrected chi connectivity index (χ2v) is 4.72. The second kappa shape index (κ2) is 6.24. The zero-order valence-electron chi connectivity index (χ0n) is 12.0. The molecule has 2 aromatic carbocycles. The van der Waals surface area contributed by atoms with E-state index in [9.17, 15) is 4.79 Å². The summed E-state index contributed by atoms with van der Waals surface area (Å²) in [4.78, 5) is 12.0. The van der Waals surface area contributed by atoms with Crippen molar-refractivity contribution in [1.29, 1.82) is 0 Å². The lowest BCUT2D eigenvalue weighted by atomic mass is 10.1. The SMILES string of the molecule is COc1ccc(COC(=O)c2ccc(C)c(C)c2)cc1.